The number of rotatable bonds is 6. The van der Waals surface area contributed by atoms with Crippen molar-refractivity contribution >= 4 is 5.91 Å². The van der Waals surface area contributed by atoms with E-state index in [4.69, 9.17) is 0 Å². The molecule has 0 spiro atoms. The summed E-state index contributed by atoms with van der Waals surface area (Å²) in [6.07, 6.45) is 4.23. The van der Waals surface area contributed by atoms with Gasteiger partial charge in [-0.3, -0.25) is 9.69 Å². The van der Waals surface area contributed by atoms with Gasteiger partial charge < -0.3 is 5.32 Å². The van der Waals surface area contributed by atoms with E-state index < -0.39 is 0 Å². The zero-order chi connectivity index (χ0) is 20.1. The zero-order valence-electron chi connectivity index (χ0n) is 16.8. The molecule has 150 valence electrons. The Balaban J connectivity index is 1.29. The summed E-state index contributed by atoms with van der Waals surface area (Å²) in [7, 11) is 0. The second kappa shape index (κ2) is 9.01. The van der Waals surface area contributed by atoms with Crippen molar-refractivity contribution in [1.29, 1.82) is 0 Å². The van der Waals surface area contributed by atoms with Gasteiger partial charge in [-0.15, -0.1) is 5.10 Å². The van der Waals surface area contributed by atoms with E-state index >= 15 is 0 Å². The van der Waals surface area contributed by atoms with Gasteiger partial charge in [0, 0.05) is 13.1 Å². The molecule has 2 heterocycles. The van der Waals surface area contributed by atoms with Crippen LogP contribution in [0, 0.1) is 5.92 Å². The number of hydrogen-bond donors (Lipinski definition) is 1. The van der Waals surface area contributed by atoms with E-state index in [0.29, 0.717) is 12.2 Å². The Kier molecular flexibility index (Phi) is 6.00. The fourth-order valence-electron chi connectivity index (χ4n) is 3.59. The molecule has 2 aromatic carbocycles. The maximum Gasteiger partial charge on any atom is 0.273 e. The third-order valence-electron chi connectivity index (χ3n) is 5.51. The van der Waals surface area contributed by atoms with Gasteiger partial charge in [-0.1, -0.05) is 54.6 Å². The first-order valence-corrected chi connectivity index (χ1v) is 10.2. The van der Waals surface area contributed by atoms with Crippen LogP contribution >= 0.6 is 0 Å². The number of carbonyl (C=O) groups is 1. The maximum atomic E-state index is 12.4. The molecule has 1 saturated heterocycles. The molecule has 1 N–H and O–H groups in total. The summed E-state index contributed by atoms with van der Waals surface area (Å²) in [5, 5.41) is 10.9. The van der Waals surface area contributed by atoms with Crippen molar-refractivity contribution in [2.45, 2.75) is 32.9 Å². The number of carbonyl (C=O) groups excluding carboxylic acids is 1. The Hall–Kier alpha value is -2.99. The predicted molar refractivity (Wildman–Crippen MR) is 113 cm³/mol. The summed E-state index contributed by atoms with van der Waals surface area (Å²) >= 11 is 0. The number of piperidine rings is 1. The monoisotopic (exact) mass is 389 g/mol. The molecule has 0 aliphatic carbocycles. The molecule has 0 radical (unpaired) electrons. The summed E-state index contributed by atoms with van der Waals surface area (Å²) in [4.78, 5) is 14.9. The standard InChI is InChI=1S/C23H27N5O/c1-18-11-13-27(14-12-18)16-20-9-7-19(8-10-20)15-24-23(29)22-17-28(26-25-22)21-5-3-2-4-6-21/h2-10,17-18H,11-16H2,1H3,(H,24,29). The zero-order valence-corrected chi connectivity index (χ0v) is 16.8. The van der Waals surface area contributed by atoms with Gasteiger partial charge in [-0.05, 0) is 55.1 Å². The highest BCUT2D eigenvalue weighted by Crippen LogP contribution is 2.18. The highest BCUT2D eigenvalue weighted by atomic mass is 16.2. The minimum Gasteiger partial charge on any atom is -0.347 e. The lowest BCUT2D eigenvalue weighted by atomic mass is 9.99. The first-order chi connectivity index (χ1) is 14.2. The van der Waals surface area contributed by atoms with Gasteiger partial charge in [-0.25, -0.2) is 4.68 Å². The number of benzene rings is 2. The van der Waals surface area contributed by atoms with E-state index in [9.17, 15) is 4.79 Å². The molecule has 1 aromatic heterocycles. The van der Waals surface area contributed by atoms with Crippen LogP contribution in [-0.4, -0.2) is 38.9 Å². The number of likely N-dealkylation sites (tertiary alicyclic amines) is 1. The number of aromatic nitrogens is 3. The molecule has 1 amide bonds. The Bertz CT molecular complexity index is 927. The van der Waals surface area contributed by atoms with Gasteiger partial charge >= 0.3 is 0 Å². The van der Waals surface area contributed by atoms with Gasteiger partial charge in [0.25, 0.3) is 5.91 Å². The van der Waals surface area contributed by atoms with Gasteiger partial charge in [0.15, 0.2) is 5.69 Å². The van der Waals surface area contributed by atoms with Crippen LogP contribution in [0.1, 0.15) is 41.4 Å². The molecule has 29 heavy (non-hydrogen) atoms. The number of amides is 1. The van der Waals surface area contributed by atoms with Crippen LogP contribution in [0.5, 0.6) is 0 Å². The lowest BCUT2D eigenvalue weighted by molar-refractivity contribution is 0.0946. The average molecular weight is 390 g/mol. The Morgan fingerprint density at radius 2 is 1.72 bits per heavy atom. The van der Waals surface area contributed by atoms with E-state index in [-0.39, 0.29) is 5.91 Å². The number of nitrogens with one attached hydrogen (secondary N) is 1. The van der Waals surface area contributed by atoms with E-state index in [1.165, 1.54) is 31.5 Å². The van der Waals surface area contributed by atoms with Crippen molar-refractivity contribution < 1.29 is 4.79 Å². The molecular weight excluding hydrogens is 362 g/mol. The van der Waals surface area contributed by atoms with Crippen LogP contribution < -0.4 is 5.32 Å². The molecule has 6 nitrogen and oxygen atoms in total. The molecule has 1 fully saturated rings. The van der Waals surface area contributed by atoms with Crippen LogP contribution in [0.25, 0.3) is 5.69 Å². The van der Waals surface area contributed by atoms with E-state index in [2.05, 4.69) is 51.7 Å². The molecule has 0 bridgehead atoms. The summed E-state index contributed by atoms with van der Waals surface area (Å²) in [6, 6.07) is 18.1. The molecule has 1 aliphatic heterocycles. The maximum absolute atomic E-state index is 12.4. The molecule has 6 heteroatoms. The Labute approximate surface area is 171 Å². The van der Waals surface area contributed by atoms with Crippen molar-refractivity contribution in [3.8, 4) is 5.69 Å². The number of nitrogens with zero attached hydrogens (tertiary/aromatic N) is 4. The first kappa shape index (κ1) is 19.3. The van der Waals surface area contributed by atoms with Crippen LogP contribution in [0.3, 0.4) is 0 Å². The second-order valence-corrected chi connectivity index (χ2v) is 7.84. The van der Waals surface area contributed by atoms with E-state index in [0.717, 1.165) is 23.7 Å². The quantitative estimate of drug-likeness (QED) is 0.702. The van der Waals surface area contributed by atoms with Crippen LogP contribution in [0.15, 0.2) is 60.8 Å². The summed E-state index contributed by atoms with van der Waals surface area (Å²) in [6.45, 7) is 6.17. The van der Waals surface area contributed by atoms with E-state index in [1.54, 1.807) is 10.9 Å². The van der Waals surface area contributed by atoms with Crippen molar-refractivity contribution in [3.05, 3.63) is 77.6 Å². The minimum atomic E-state index is -0.223. The molecular formula is C23H27N5O. The third-order valence-corrected chi connectivity index (χ3v) is 5.51. The van der Waals surface area contributed by atoms with Crippen LogP contribution in [0.2, 0.25) is 0 Å². The third kappa shape index (κ3) is 5.09. The number of hydrogen-bond acceptors (Lipinski definition) is 4. The lowest BCUT2D eigenvalue weighted by Crippen LogP contribution is -2.32. The van der Waals surface area contributed by atoms with Crippen molar-refractivity contribution in [1.82, 2.24) is 25.2 Å². The van der Waals surface area contributed by atoms with Crippen molar-refractivity contribution in [2.24, 2.45) is 5.92 Å². The van der Waals surface area contributed by atoms with Gasteiger partial charge in [0.05, 0.1) is 11.9 Å². The van der Waals surface area contributed by atoms with Gasteiger partial charge in [0.2, 0.25) is 0 Å². The lowest BCUT2D eigenvalue weighted by Gasteiger charge is -2.30. The van der Waals surface area contributed by atoms with Crippen LogP contribution in [0.4, 0.5) is 0 Å². The topological polar surface area (TPSA) is 63.1 Å². The minimum absolute atomic E-state index is 0.223. The molecule has 4 rings (SSSR count). The SMILES string of the molecule is CC1CCN(Cc2ccc(CNC(=O)c3cn(-c4ccccc4)nn3)cc2)CC1. The summed E-state index contributed by atoms with van der Waals surface area (Å²) in [5.74, 6) is 0.630. The summed E-state index contributed by atoms with van der Waals surface area (Å²) in [5.41, 5.74) is 3.58. The van der Waals surface area contributed by atoms with Gasteiger partial charge in [0.1, 0.15) is 0 Å². The van der Waals surface area contributed by atoms with E-state index in [1.807, 2.05) is 30.3 Å². The fourth-order valence-corrected chi connectivity index (χ4v) is 3.59. The Morgan fingerprint density at radius 3 is 2.45 bits per heavy atom. The van der Waals surface area contributed by atoms with Crippen molar-refractivity contribution in [2.75, 3.05) is 13.1 Å². The fraction of sp³-hybridized carbons (Fsp3) is 0.348. The highest BCUT2D eigenvalue weighted by molar-refractivity contribution is 5.91. The number of para-hydroxylation sites is 1. The smallest absolute Gasteiger partial charge is 0.273 e. The first-order valence-electron chi connectivity index (χ1n) is 10.2. The Morgan fingerprint density at radius 1 is 1.03 bits per heavy atom. The average Bonchev–Trinajstić information content (AvgIpc) is 3.26. The molecule has 3 aromatic rings. The predicted octanol–water partition coefficient (Wildman–Crippen LogP) is 3.43. The van der Waals surface area contributed by atoms with Gasteiger partial charge in [-0.2, -0.15) is 0 Å². The molecule has 0 unspecified atom stereocenters. The molecule has 0 saturated carbocycles. The molecule has 1 aliphatic rings. The normalized spacial score (nSPS) is 15.3. The largest absolute Gasteiger partial charge is 0.347 e. The summed E-state index contributed by atoms with van der Waals surface area (Å²) < 4.78 is 1.60. The van der Waals surface area contributed by atoms with Crippen molar-refractivity contribution in [3.63, 3.8) is 0 Å². The second-order valence-electron chi connectivity index (χ2n) is 7.84. The molecule has 0 atom stereocenters. The highest BCUT2D eigenvalue weighted by Gasteiger charge is 2.15. The van der Waals surface area contributed by atoms with Crippen LogP contribution in [-0.2, 0) is 13.1 Å².